The van der Waals surface area contributed by atoms with Gasteiger partial charge in [0, 0.05) is 15.6 Å². The molecule has 0 bridgehead atoms. The normalized spacial score (nSPS) is 12.4. The molecule has 0 saturated heterocycles. The van der Waals surface area contributed by atoms with Crippen LogP contribution in [0.15, 0.2) is 47.0 Å². The number of nitrogens with one attached hydrogen (secondary N) is 1. The van der Waals surface area contributed by atoms with E-state index in [0.717, 1.165) is 0 Å². The average molecular weight is 453 g/mol. The van der Waals surface area contributed by atoms with Gasteiger partial charge in [0.1, 0.15) is 11.4 Å². The molecule has 2 aromatic rings. The minimum Gasteiger partial charge on any atom is -0.444 e. The molecular weight excluding hydrogens is 434 g/mol. The summed E-state index contributed by atoms with van der Waals surface area (Å²) >= 11 is 3.35. The van der Waals surface area contributed by atoms with Crippen molar-refractivity contribution >= 4 is 32.8 Å². The molecule has 0 saturated carbocycles. The first-order valence-corrected chi connectivity index (χ1v) is 9.06. The first-order valence-electron chi connectivity index (χ1n) is 8.27. The van der Waals surface area contributed by atoms with E-state index in [0.29, 0.717) is 15.2 Å². The minimum atomic E-state index is -3.08. The second-order valence-electron chi connectivity index (χ2n) is 6.94. The number of carbonyl (C=O) groups is 1. The van der Waals surface area contributed by atoms with E-state index in [9.17, 15) is 18.8 Å². The van der Waals surface area contributed by atoms with Crippen molar-refractivity contribution < 1.29 is 23.0 Å². The summed E-state index contributed by atoms with van der Waals surface area (Å²) in [4.78, 5) is 12.3. The lowest BCUT2D eigenvalue weighted by Crippen LogP contribution is -2.35. The van der Waals surface area contributed by atoms with Crippen molar-refractivity contribution in [1.82, 2.24) is 5.32 Å². The fourth-order valence-electron chi connectivity index (χ4n) is 2.62. The van der Waals surface area contributed by atoms with Gasteiger partial charge >= 0.3 is 12.7 Å². The van der Waals surface area contributed by atoms with Gasteiger partial charge in [0.25, 0.3) is 0 Å². The molecule has 0 aliphatic rings. The van der Waals surface area contributed by atoms with E-state index < -0.39 is 24.3 Å². The van der Waals surface area contributed by atoms with Crippen molar-refractivity contribution in [3.05, 3.63) is 52.5 Å². The van der Waals surface area contributed by atoms with Gasteiger partial charge in [0.2, 0.25) is 0 Å². The van der Waals surface area contributed by atoms with Crippen LogP contribution in [0.25, 0.3) is 10.8 Å². The number of rotatable bonds is 5. The van der Waals surface area contributed by atoms with Gasteiger partial charge in [-0.3, -0.25) is 0 Å². The van der Waals surface area contributed by atoms with Crippen LogP contribution in [0.3, 0.4) is 0 Å². The molecule has 0 aromatic heterocycles. The van der Waals surface area contributed by atoms with E-state index in [4.69, 9.17) is 4.74 Å². The number of fused-ring (bicyclic) bond motifs is 1. The Morgan fingerprint density at radius 1 is 1.29 bits per heavy atom. The lowest BCUT2D eigenvalue weighted by atomic mass is 9.93. The number of benzene rings is 2. The summed E-state index contributed by atoms with van der Waals surface area (Å²) < 4.78 is 36.6. The second-order valence-corrected chi connectivity index (χ2v) is 7.85. The van der Waals surface area contributed by atoms with Gasteiger partial charge < -0.3 is 14.8 Å². The summed E-state index contributed by atoms with van der Waals surface area (Å²) in [5, 5.41) is 13.1. The zero-order valence-electron chi connectivity index (χ0n) is 15.6. The van der Waals surface area contributed by atoms with E-state index in [1.165, 1.54) is 6.07 Å². The molecule has 0 aliphatic carbocycles. The van der Waals surface area contributed by atoms with Crippen LogP contribution in [-0.2, 0) is 4.74 Å². The monoisotopic (exact) mass is 452 g/mol. The number of nitrogens with zero attached hydrogens (tertiary/aromatic N) is 1. The molecule has 148 valence electrons. The summed E-state index contributed by atoms with van der Waals surface area (Å²) in [7, 11) is 0. The van der Waals surface area contributed by atoms with E-state index in [1.54, 1.807) is 45.0 Å². The Kier molecular flexibility index (Phi) is 6.62. The summed E-state index contributed by atoms with van der Waals surface area (Å²) in [6.07, 6.45) is -0.816. The zero-order valence-corrected chi connectivity index (χ0v) is 17.1. The quantitative estimate of drug-likeness (QED) is 0.577. The highest BCUT2D eigenvalue weighted by Gasteiger charge is 2.27. The van der Waals surface area contributed by atoms with Gasteiger partial charge in [-0.05, 0) is 49.7 Å². The number of nitriles is 1. The second kappa shape index (κ2) is 8.57. The first-order chi connectivity index (χ1) is 13.0. The summed E-state index contributed by atoms with van der Waals surface area (Å²) in [5.74, 6) is -0.168. The molecule has 8 heteroatoms. The van der Waals surface area contributed by atoms with Crippen LogP contribution in [0.1, 0.15) is 32.4 Å². The average Bonchev–Trinajstić information content (AvgIpc) is 2.57. The Morgan fingerprint density at radius 3 is 2.50 bits per heavy atom. The third-order valence-corrected chi connectivity index (χ3v) is 4.14. The highest BCUT2D eigenvalue weighted by molar-refractivity contribution is 9.10. The van der Waals surface area contributed by atoms with E-state index >= 15 is 0 Å². The smallest absolute Gasteiger partial charge is 0.408 e. The van der Waals surface area contributed by atoms with Gasteiger partial charge in [-0.1, -0.05) is 34.6 Å². The van der Waals surface area contributed by atoms with Crippen molar-refractivity contribution in [3.8, 4) is 11.8 Å². The maximum absolute atomic E-state index is 13.0. The van der Waals surface area contributed by atoms with Crippen molar-refractivity contribution in [3.63, 3.8) is 0 Å². The predicted molar refractivity (Wildman–Crippen MR) is 105 cm³/mol. The van der Waals surface area contributed by atoms with E-state index in [2.05, 4.69) is 32.6 Å². The van der Waals surface area contributed by atoms with Crippen LogP contribution in [-0.4, -0.2) is 18.3 Å². The fourth-order valence-corrected chi connectivity index (χ4v) is 2.98. The predicted octanol–water partition coefficient (Wildman–Crippen LogP) is 5.85. The summed E-state index contributed by atoms with van der Waals surface area (Å²) in [6, 6.07) is 8.99. The van der Waals surface area contributed by atoms with Crippen molar-refractivity contribution in [1.29, 1.82) is 5.26 Å². The van der Waals surface area contributed by atoms with Gasteiger partial charge in [0.15, 0.2) is 0 Å². The number of halogens is 3. The Morgan fingerprint density at radius 2 is 1.93 bits per heavy atom. The third kappa shape index (κ3) is 5.42. The van der Waals surface area contributed by atoms with Crippen molar-refractivity contribution in [2.45, 2.75) is 39.0 Å². The number of amides is 1. The maximum Gasteiger partial charge on any atom is 0.408 e. The fraction of sp³-hybridized carbons (Fsp3) is 0.300. The zero-order chi connectivity index (χ0) is 21.1. The molecule has 0 heterocycles. The van der Waals surface area contributed by atoms with Crippen LogP contribution in [0, 0.1) is 11.3 Å². The van der Waals surface area contributed by atoms with Crippen molar-refractivity contribution in [2.24, 2.45) is 0 Å². The molecule has 1 amide bonds. The number of carbonyl (C=O) groups excluding carboxylic acids is 1. The number of ether oxygens (including phenoxy) is 2. The Hall–Kier alpha value is -2.66. The van der Waals surface area contributed by atoms with Gasteiger partial charge in [-0.15, -0.1) is 0 Å². The summed E-state index contributed by atoms with van der Waals surface area (Å²) in [6.45, 7) is 5.63. The molecule has 2 aromatic carbocycles. The maximum atomic E-state index is 13.0. The standard InChI is InChI=1S/C20H19BrF2N2O3/c1-11(10-24)17(25-19(26)28-20(2,3)4)16-14-9-13(21)7-5-12(14)6-8-15(16)27-18(22)23/h5-9,17-18H,1H2,2-4H3,(H,25,26). The number of hydrogen-bond donors (Lipinski definition) is 1. The topological polar surface area (TPSA) is 71.4 Å². The molecule has 1 atom stereocenters. The van der Waals surface area contributed by atoms with Gasteiger partial charge in [-0.25, -0.2) is 4.79 Å². The van der Waals surface area contributed by atoms with E-state index in [-0.39, 0.29) is 16.9 Å². The molecule has 2 rings (SSSR count). The SMILES string of the molecule is C=C(C#N)C(NC(=O)OC(C)(C)C)c1c(OC(F)F)ccc2ccc(Br)cc12. The number of hydrogen-bond acceptors (Lipinski definition) is 4. The van der Waals surface area contributed by atoms with Crippen LogP contribution in [0.4, 0.5) is 13.6 Å². The minimum absolute atomic E-state index is 0.0579. The van der Waals surface area contributed by atoms with Gasteiger partial charge in [-0.2, -0.15) is 14.0 Å². The molecular formula is C20H19BrF2N2O3. The molecule has 0 aliphatic heterocycles. The van der Waals surface area contributed by atoms with Crippen LogP contribution >= 0.6 is 15.9 Å². The molecule has 0 radical (unpaired) electrons. The Bertz CT molecular complexity index is 949. The number of alkyl carbamates (subject to hydrolysis) is 1. The highest BCUT2D eigenvalue weighted by Crippen LogP contribution is 2.38. The Balaban J connectivity index is 2.65. The third-order valence-electron chi connectivity index (χ3n) is 3.64. The Labute approximate surface area is 170 Å². The van der Waals surface area contributed by atoms with Crippen LogP contribution < -0.4 is 10.1 Å². The van der Waals surface area contributed by atoms with Gasteiger partial charge in [0.05, 0.1) is 12.1 Å². The molecule has 28 heavy (non-hydrogen) atoms. The van der Waals surface area contributed by atoms with E-state index in [1.807, 2.05) is 6.07 Å². The molecule has 0 spiro atoms. The number of alkyl halides is 2. The van der Waals surface area contributed by atoms with Crippen molar-refractivity contribution in [2.75, 3.05) is 0 Å². The molecule has 1 N–H and O–H groups in total. The lowest BCUT2D eigenvalue weighted by molar-refractivity contribution is -0.0504. The largest absolute Gasteiger partial charge is 0.444 e. The van der Waals surface area contributed by atoms with Crippen LogP contribution in [0.2, 0.25) is 0 Å². The molecule has 5 nitrogen and oxygen atoms in total. The first kappa shape index (κ1) is 21.6. The lowest BCUT2D eigenvalue weighted by Gasteiger charge is -2.25. The molecule has 0 fully saturated rings. The van der Waals surface area contributed by atoms with Crippen LogP contribution in [0.5, 0.6) is 5.75 Å². The molecule has 1 unspecified atom stereocenters. The highest BCUT2D eigenvalue weighted by atomic mass is 79.9. The summed E-state index contributed by atoms with van der Waals surface area (Å²) in [5.41, 5.74) is -0.652.